The summed E-state index contributed by atoms with van der Waals surface area (Å²) in [5.41, 5.74) is 1.15. The minimum Gasteiger partial charge on any atom is -0.491 e. The van der Waals surface area contributed by atoms with Gasteiger partial charge in [-0.1, -0.05) is 17.7 Å². The normalized spacial score (nSPS) is 13.9. The van der Waals surface area contributed by atoms with Crippen molar-refractivity contribution in [2.45, 2.75) is 24.7 Å². The molecule has 7 heteroatoms. The number of aliphatic hydroxyl groups excluding tert-OH is 1. The minimum atomic E-state index is -1.21. The number of aliphatic hydroxyl groups is 1. The fourth-order valence-corrected chi connectivity index (χ4v) is 2.01. The van der Waals surface area contributed by atoms with Gasteiger partial charge in [-0.15, -0.1) is 5.10 Å². The van der Waals surface area contributed by atoms with Crippen LogP contribution < -0.4 is 4.74 Å². The van der Waals surface area contributed by atoms with Crippen molar-refractivity contribution in [1.29, 1.82) is 0 Å². The fourth-order valence-electron chi connectivity index (χ4n) is 1.59. The minimum absolute atomic E-state index is 0.160. The highest BCUT2D eigenvalue weighted by Gasteiger charge is 2.10. The highest BCUT2D eigenvalue weighted by Crippen LogP contribution is 2.11. The first-order valence-electron chi connectivity index (χ1n) is 6.15. The van der Waals surface area contributed by atoms with E-state index in [1.165, 1.54) is 17.3 Å². The Morgan fingerprint density at radius 1 is 1.40 bits per heavy atom. The zero-order chi connectivity index (χ0) is 14.5. The van der Waals surface area contributed by atoms with E-state index in [0.29, 0.717) is 5.75 Å². The molecule has 20 heavy (non-hydrogen) atoms. The van der Waals surface area contributed by atoms with Crippen molar-refractivity contribution in [1.82, 2.24) is 14.8 Å². The molecule has 1 N–H and O–H groups in total. The first-order chi connectivity index (χ1) is 9.54. The third-order valence-corrected chi connectivity index (χ3v) is 3.34. The van der Waals surface area contributed by atoms with E-state index >= 15 is 0 Å². The van der Waals surface area contributed by atoms with Crippen LogP contribution in [0.5, 0.6) is 5.75 Å². The van der Waals surface area contributed by atoms with Gasteiger partial charge in [0.05, 0.1) is 17.3 Å². The smallest absolute Gasteiger partial charge is 0.238 e. The van der Waals surface area contributed by atoms with E-state index in [9.17, 15) is 9.32 Å². The van der Waals surface area contributed by atoms with Crippen LogP contribution in [0.25, 0.3) is 0 Å². The number of benzene rings is 1. The molecule has 108 valence electrons. The molecule has 0 radical (unpaired) electrons. The molecule has 2 atom stereocenters. The van der Waals surface area contributed by atoms with Gasteiger partial charge in [-0.05, 0) is 19.1 Å². The van der Waals surface area contributed by atoms with E-state index in [1.807, 2.05) is 31.2 Å². The number of aryl methyl sites for hydroxylation is 1. The lowest BCUT2D eigenvalue weighted by Crippen LogP contribution is -2.24. The van der Waals surface area contributed by atoms with Crippen molar-refractivity contribution >= 4 is 10.8 Å². The predicted octanol–water partition coefficient (Wildman–Crippen LogP) is 0.764. The Morgan fingerprint density at radius 3 is 2.70 bits per heavy atom. The maximum Gasteiger partial charge on any atom is 0.238 e. The first kappa shape index (κ1) is 14.7. The fraction of sp³-hybridized carbons (Fsp3) is 0.385. The molecule has 0 unspecified atom stereocenters. The lowest BCUT2D eigenvalue weighted by atomic mass is 10.2. The van der Waals surface area contributed by atoms with Gasteiger partial charge in [0.2, 0.25) is 5.16 Å². The lowest BCUT2D eigenvalue weighted by Gasteiger charge is -2.12. The van der Waals surface area contributed by atoms with Crippen LogP contribution in [0.15, 0.2) is 35.7 Å². The molecule has 0 aliphatic heterocycles. The highest BCUT2D eigenvalue weighted by molar-refractivity contribution is 7.84. The van der Waals surface area contributed by atoms with Crippen LogP contribution in [0.4, 0.5) is 0 Å². The van der Waals surface area contributed by atoms with E-state index < -0.39 is 16.9 Å². The molecular formula is C13H17N3O3S. The van der Waals surface area contributed by atoms with E-state index in [2.05, 4.69) is 10.1 Å². The van der Waals surface area contributed by atoms with Crippen LogP contribution in [0.3, 0.4) is 0 Å². The summed E-state index contributed by atoms with van der Waals surface area (Å²) in [6.45, 7) is 2.40. The molecule has 1 heterocycles. The van der Waals surface area contributed by atoms with E-state index in [-0.39, 0.29) is 18.3 Å². The number of ether oxygens (including phenoxy) is 1. The van der Waals surface area contributed by atoms with Gasteiger partial charge in [0.15, 0.2) is 0 Å². The maximum absolute atomic E-state index is 11.2. The van der Waals surface area contributed by atoms with Crippen LogP contribution in [0.1, 0.15) is 5.56 Å². The topological polar surface area (TPSA) is 77.2 Å². The molecule has 0 aliphatic carbocycles. The summed E-state index contributed by atoms with van der Waals surface area (Å²) >= 11 is 0. The Hall–Kier alpha value is -1.73. The zero-order valence-electron chi connectivity index (χ0n) is 11.4. The van der Waals surface area contributed by atoms with Crippen molar-refractivity contribution < 1.29 is 14.1 Å². The molecular weight excluding hydrogens is 278 g/mol. The molecule has 1 aromatic heterocycles. The average Bonchev–Trinajstić information content (AvgIpc) is 2.87. The van der Waals surface area contributed by atoms with Crippen molar-refractivity contribution in [3.63, 3.8) is 0 Å². The van der Waals surface area contributed by atoms with Crippen molar-refractivity contribution in [3.05, 3.63) is 36.2 Å². The molecule has 1 aromatic carbocycles. The Kier molecular flexibility index (Phi) is 4.86. The maximum atomic E-state index is 11.2. The molecule has 0 amide bonds. The molecule has 0 fully saturated rings. The van der Waals surface area contributed by atoms with Crippen LogP contribution in [0.2, 0.25) is 0 Å². The molecule has 0 spiro atoms. The van der Waals surface area contributed by atoms with Crippen molar-refractivity contribution in [3.8, 4) is 5.75 Å². The SMILES string of the molecule is Cc1ccc(OC[C@H](O)Cn2cnc([S@@](C)=O)n2)cc1. The molecule has 6 nitrogen and oxygen atoms in total. The van der Waals surface area contributed by atoms with Crippen molar-refractivity contribution in [2.75, 3.05) is 12.9 Å². The number of aromatic nitrogens is 3. The van der Waals surface area contributed by atoms with Gasteiger partial charge in [0.1, 0.15) is 24.8 Å². The Labute approximate surface area is 119 Å². The standard InChI is InChI=1S/C13H17N3O3S/c1-10-3-5-12(6-4-10)19-8-11(17)7-16-9-14-13(15-16)20(2)18/h3-6,9,11,17H,7-8H2,1-2H3/t11-,20-/m1/s1. The monoisotopic (exact) mass is 295 g/mol. The summed E-state index contributed by atoms with van der Waals surface area (Å²) < 4.78 is 18.1. The molecule has 0 aliphatic rings. The summed E-state index contributed by atoms with van der Waals surface area (Å²) in [5.74, 6) is 0.712. The van der Waals surface area contributed by atoms with Crippen LogP contribution in [0, 0.1) is 6.92 Å². The van der Waals surface area contributed by atoms with Gasteiger partial charge in [-0.3, -0.25) is 4.21 Å². The van der Waals surface area contributed by atoms with Gasteiger partial charge >= 0.3 is 0 Å². The summed E-state index contributed by atoms with van der Waals surface area (Å²) in [7, 11) is -1.21. The van der Waals surface area contributed by atoms with E-state index in [4.69, 9.17) is 4.74 Å². The quantitative estimate of drug-likeness (QED) is 0.851. The Morgan fingerprint density at radius 2 is 2.10 bits per heavy atom. The average molecular weight is 295 g/mol. The van der Waals surface area contributed by atoms with Crippen LogP contribution in [-0.2, 0) is 17.3 Å². The summed E-state index contributed by atoms with van der Waals surface area (Å²) in [5, 5.41) is 14.1. The second-order valence-electron chi connectivity index (χ2n) is 4.48. The summed E-state index contributed by atoms with van der Waals surface area (Å²) in [6.07, 6.45) is 2.25. The summed E-state index contributed by atoms with van der Waals surface area (Å²) in [6, 6.07) is 7.61. The molecule has 0 saturated heterocycles. The largest absolute Gasteiger partial charge is 0.491 e. The second-order valence-corrected chi connectivity index (χ2v) is 5.75. The van der Waals surface area contributed by atoms with Crippen molar-refractivity contribution in [2.24, 2.45) is 0 Å². The Bertz CT molecular complexity index is 583. The second kappa shape index (κ2) is 6.62. The van der Waals surface area contributed by atoms with E-state index in [1.54, 1.807) is 0 Å². The zero-order valence-corrected chi connectivity index (χ0v) is 12.2. The number of rotatable bonds is 6. The predicted molar refractivity (Wildman–Crippen MR) is 75.0 cm³/mol. The molecule has 0 bridgehead atoms. The summed E-state index contributed by atoms with van der Waals surface area (Å²) in [4.78, 5) is 3.90. The lowest BCUT2D eigenvalue weighted by molar-refractivity contribution is 0.0890. The molecule has 2 aromatic rings. The Balaban J connectivity index is 1.84. The van der Waals surface area contributed by atoms with Crippen LogP contribution in [-0.4, -0.2) is 43.0 Å². The number of hydrogen-bond acceptors (Lipinski definition) is 5. The first-order valence-corrected chi connectivity index (χ1v) is 7.71. The van der Waals surface area contributed by atoms with E-state index in [0.717, 1.165) is 5.56 Å². The van der Waals surface area contributed by atoms with Gasteiger partial charge in [0, 0.05) is 6.26 Å². The van der Waals surface area contributed by atoms with Gasteiger partial charge in [-0.2, -0.15) is 0 Å². The van der Waals surface area contributed by atoms with Gasteiger partial charge in [-0.25, -0.2) is 9.67 Å². The number of nitrogens with zero attached hydrogens (tertiary/aromatic N) is 3. The third-order valence-electron chi connectivity index (χ3n) is 2.63. The highest BCUT2D eigenvalue weighted by atomic mass is 32.2. The van der Waals surface area contributed by atoms with Gasteiger partial charge in [0.25, 0.3) is 0 Å². The molecule has 2 rings (SSSR count). The van der Waals surface area contributed by atoms with Gasteiger partial charge < -0.3 is 9.84 Å². The molecule has 0 saturated carbocycles. The number of hydrogen-bond donors (Lipinski definition) is 1. The third kappa shape index (κ3) is 4.14. The van der Waals surface area contributed by atoms with Crippen LogP contribution >= 0.6 is 0 Å².